The minimum atomic E-state index is 0. The molecule has 1 rings (SSSR count). The molecular formula is C7H7CoSe2. The topological polar surface area (TPSA) is 0 Å². The number of hydrogen-bond acceptors (Lipinski definition) is 0. The van der Waals surface area contributed by atoms with Gasteiger partial charge in [0, 0.05) is 23.2 Å². The van der Waals surface area contributed by atoms with Crippen LogP contribution in [0.15, 0.2) is 34.3 Å². The maximum absolute atomic E-state index is 2.68. The van der Waals surface area contributed by atoms with E-state index in [9.17, 15) is 0 Å². The monoisotopic (exact) mass is 310 g/mol. The summed E-state index contributed by atoms with van der Waals surface area (Å²) in [5.41, 5.74) is 0. The molecular weight excluding hydrogens is 301 g/mol. The normalized spacial score (nSPS) is 12.4. The molecule has 0 fully saturated rings. The van der Waals surface area contributed by atoms with Gasteiger partial charge in [0.05, 0.1) is 0 Å². The second-order valence-electron chi connectivity index (χ2n) is 1.23. The van der Waals surface area contributed by atoms with Gasteiger partial charge in [0.2, 0.25) is 0 Å². The van der Waals surface area contributed by atoms with Gasteiger partial charge in [-0.15, -0.1) is 0 Å². The first kappa shape index (κ1) is 13.4. The predicted molar refractivity (Wildman–Crippen MR) is 43.2 cm³/mol. The van der Waals surface area contributed by atoms with Crippen LogP contribution < -0.4 is 0 Å². The molecule has 0 unspecified atom stereocenters. The van der Waals surface area contributed by atoms with Gasteiger partial charge >= 0.3 is 42.0 Å². The van der Waals surface area contributed by atoms with Crippen molar-refractivity contribution < 1.29 is 16.8 Å². The molecule has 0 saturated heterocycles. The predicted octanol–water partition coefficient (Wildman–Crippen LogP) is 1.11. The van der Waals surface area contributed by atoms with Crippen molar-refractivity contribution in [3.63, 3.8) is 0 Å². The fourth-order valence-corrected chi connectivity index (χ4v) is 0.321. The summed E-state index contributed by atoms with van der Waals surface area (Å²) in [5, 5.41) is 0. The van der Waals surface area contributed by atoms with Gasteiger partial charge in [-0.05, 0) is 0 Å². The van der Waals surface area contributed by atoms with Crippen molar-refractivity contribution in [2.45, 2.75) is 0 Å². The summed E-state index contributed by atoms with van der Waals surface area (Å²) in [6.45, 7) is 0. The van der Waals surface area contributed by atoms with Crippen LogP contribution >= 0.6 is 0 Å². The molecule has 0 saturated carbocycles. The molecule has 0 nitrogen and oxygen atoms in total. The Labute approximate surface area is 89.1 Å². The zero-order valence-electron chi connectivity index (χ0n) is 5.19. The van der Waals surface area contributed by atoms with Crippen LogP contribution in [0.3, 0.4) is 0 Å². The van der Waals surface area contributed by atoms with Gasteiger partial charge in [0.15, 0.2) is 0 Å². The molecule has 3 heteroatoms. The molecule has 0 spiro atoms. The van der Waals surface area contributed by atoms with Crippen LogP contribution in [-0.2, 0) is 16.8 Å². The number of allylic oxidation sites excluding steroid dienone is 4. The second kappa shape index (κ2) is 12.4. The first-order chi connectivity index (χ1) is 4.41. The molecule has 1 aliphatic rings. The molecule has 0 aromatic rings. The van der Waals surface area contributed by atoms with Gasteiger partial charge in [-0.2, -0.15) is 0 Å². The third kappa shape index (κ3) is 11.5. The molecule has 56 valence electrons. The summed E-state index contributed by atoms with van der Waals surface area (Å²) >= 11 is 5.36. The molecule has 0 bridgehead atoms. The zero-order valence-corrected chi connectivity index (χ0v) is 9.66. The fraction of sp³-hybridized carbons (Fsp3) is 0. The van der Waals surface area contributed by atoms with Crippen LogP contribution in [-0.4, -0.2) is 32.0 Å². The third-order valence-electron chi connectivity index (χ3n) is 0.611. The molecule has 0 aromatic carbocycles. The summed E-state index contributed by atoms with van der Waals surface area (Å²) in [4.78, 5) is 3.64. The van der Waals surface area contributed by atoms with Crippen molar-refractivity contribution in [3.05, 3.63) is 40.7 Å². The van der Waals surface area contributed by atoms with Crippen LogP contribution in [0.2, 0.25) is 0 Å². The van der Waals surface area contributed by atoms with Crippen LogP contribution in [0.5, 0.6) is 0 Å². The summed E-state index contributed by atoms with van der Waals surface area (Å²) in [7, 11) is 0. The minimum absolute atomic E-state index is 0. The first-order valence-electron chi connectivity index (χ1n) is 2.47. The fourth-order valence-electron chi connectivity index (χ4n) is 0.321. The molecule has 10 heavy (non-hydrogen) atoms. The van der Waals surface area contributed by atoms with E-state index >= 15 is 0 Å². The van der Waals surface area contributed by atoms with E-state index in [-0.39, 0.29) is 16.8 Å². The summed E-state index contributed by atoms with van der Waals surface area (Å²) in [6.07, 6.45) is 10.0. The van der Waals surface area contributed by atoms with Gasteiger partial charge in [0.25, 0.3) is 0 Å². The Bertz CT molecular complexity index is 114. The molecule has 0 heterocycles. The second-order valence-corrected chi connectivity index (χ2v) is 2.38. The van der Waals surface area contributed by atoms with Gasteiger partial charge < -0.3 is 0 Å². The van der Waals surface area contributed by atoms with E-state index in [1.165, 1.54) is 0 Å². The van der Waals surface area contributed by atoms with E-state index in [0.717, 1.165) is 0 Å². The van der Waals surface area contributed by atoms with E-state index in [2.05, 4.69) is 32.0 Å². The Balaban J connectivity index is 0. The Hall–Kier alpha value is 0.765. The SMILES string of the molecule is [CH]1C=CC=C1.[Co].[Se]/C=C\[Se]. The summed E-state index contributed by atoms with van der Waals surface area (Å²) in [5.74, 6) is 0. The van der Waals surface area contributed by atoms with Crippen molar-refractivity contribution in [1.82, 2.24) is 0 Å². The van der Waals surface area contributed by atoms with E-state index in [1.807, 2.05) is 40.7 Å². The van der Waals surface area contributed by atoms with E-state index in [0.29, 0.717) is 0 Å². The summed E-state index contributed by atoms with van der Waals surface area (Å²) in [6, 6.07) is 0. The van der Waals surface area contributed by atoms with Crippen molar-refractivity contribution in [1.29, 1.82) is 0 Å². The maximum atomic E-state index is 2.68. The molecule has 0 aromatic heterocycles. The van der Waals surface area contributed by atoms with Gasteiger partial charge in [-0.3, -0.25) is 0 Å². The van der Waals surface area contributed by atoms with E-state index < -0.39 is 0 Å². The van der Waals surface area contributed by atoms with Crippen molar-refractivity contribution in [2.24, 2.45) is 0 Å². The quantitative estimate of drug-likeness (QED) is 0.588. The van der Waals surface area contributed by atoms with Gasteiger partial charge in [0.1, 0.15) is 0 Å². The Morgan fingerprint density at radius 1 is 0.800 bits per heavy atom. The molecule has 0 atom stereocenters. The molecule has 0 N–H and O–H groups in total. The standard InChI is InChI=1S/C5H5.C2H2Se2.Co/c1-2-4-5-3-1;3-1-2-4;/h1-5H;1-2H;/b;2-1-;. The van der Waals surface area contributed by atoms with Crippen molar-refractivity contribution >= 4 is 32.0 Å². The van der Waals surface area contributed by atoms with E-state index in [4.69, 9.17) is 0 Å². The molecule has 0 aliphatic heterocycles. The molecule has 0 amide bonds. The van der Waals surface area contributed by atoms with Crippen LogP contribution in [0.4, 0.5) is 0 Å². The van der Waals surface area contributed by atoms with Gasteiger partial charge in [-0.1, -0.05) is 24.3 Å². The Morgan fingerprint density at radius 2 is 1.20 bits per heavy atom. The van der Waals surface area contributed by atoms with Crippen LogP contribution in [0.1, 0.15) is 0 Å². The van der Waals surface area contributed by atoms with Crippen molar-refractivity contribution in [2.75, 3.05) is 0 Å². The Kier molecular flexibility index (Phi) is 16.6. The first-order valence-corrected chi connectivity index (χ1v) is 4.45. The van der Waals surface area contributed by atoms with Crippen LogP contribution in [0.25, 0.3) is 0 Å². The number of hydrogen-bond donors (Lipinski definition) is 0. The summed E-state index contributed by atoms with van der Waals surface area (Å²) < 4.78 is 0. The average molecular weight is 308 g/mol. The van der Waals surface area contributed by atoms with Gasteiger partial charge in [-0.25, -0.2) is 0 Å². The van der Waals surface area contributed by atoms with E-state index in [1.54, 1.807) is 0 Å². The zero-order chi connectivity index (χ0) is 6.95. The van der Waals surface area contributed by atoms with Crippen LogP contribution in [0, 0.1) is 6.42 Å². The Morgan fingerprint density at radius 3 is 1.30 bits per heavy atom. The molecule has 1 aliphatic carbocycles. The van der Waals surface area contributed by atoms with Crippen molar-refractivity contribution in [3.8, 4) is 0 Å². The third-order valence-corrected chi connectivity index (χ3v) is 2.06. The number of rotatable bonds is 0. The molecule has 4 radical (unpaired) electrons. The average Bonchev–Trinajstić information content (AvgIpc) is 2.43.